The summed E-state index contributed by atoms with van der Waals surface area (Å²) in [5.74, 6) is 0.761. The molecule has 0 radical (unpaired) electrons. The highest BCUT2D eigenvalue weighted by atomic mass is 32.2. The van der Waals surface area contributed by atoms with E-state index in [0.29, 0.717) is 0 Å². The van der Waals surface area contributed by atoms with E-state index in [9.17, 15) is 9.32 Å². The predicted octanol–water partition coefficient (Wildman–Crippen LogP) is 1.39. The molecule has 0 aromatic rings. The average Bonchev–Trinajstić information content (AvgIpc) is 2.03. The van der Waals surface area contributed by atoms with Gasteiger partial charge in [0.2, 0.25) is 0 Å². The van der Waals surface area contributed by atoms with Gasteiger partial charge < -0.3 is 5.11 Å². The molecule has 0 saturated carbocycles. The Kier molecular flexibility index (Phi) is 4.39. The summed E-state index contributed by atoms with van der Waals surface area (Å²) in [6.45, 7) is 0. The number of rotatable bonds is 4. The smallest absolute Gasteiger partial charge is 0.0761 e. The van der Waals surface area contributed by atoms with Crippen LogP contribution in [0.15, 0.2) is 23.8 Å². The third-order valence-corrected chi connectivity index (χ3v) is 2.93. The van der Waals surface area contributed by atoms with Gasteiger partial charge in [-0.1, -0.05) is 23.8 Å². The van der Waals surface area contributed by atoms with Gasteiger partial charge in [0.05, 0.1) is 6.10 Å². The third-order valence-electron chi connectivity index (χ3n) is 2.07. The van der Waals surface area contributed by atoms with Crippen molar-refractivity contribution in [3.05, 3.63) is 23.8 Å². The monoisotopic (exact) mass is 200 g/mol. The molecule has 3 heteroatoms. The van der Waals surface area contributed by atoms with E-state index < -0.39 is 10.8 Å². The Morgan fingerprint density at radius 3 is 3.08 bits per heavy atom. The molecule has 13 heavy (non-hydrogen) atoms. The fourth-order valence-electron chi connectivity index (χ4n) is 1.41. The Balaban J connectivity index is 2.25. The Hall–Kier alpha value is -0.410. The molecule has 0 amide bonds. The lowest BCUT2D eigenvalue weighted by atomic mass is 9.99. The summed E-state index contributed by atoms with van der Waals surface area (Å²) < 4.78 is 10.8. The molecule has 1 N–H and O–H groups in total. The second-order valence-electron chi connectivity index (χ2n) is 3.36. The topological polar surface area (TPSA) is 37.3 Å². The van der Waals surface area contributed by atoms with Gasteiger partial charge in [-0.3, -0.25) is 4.21 Å². The molecular weight excluding hydrogens is 184 g/mol. The summed E-state index contributed by atoms with van der Waals surface area (Å²) in [5.41, 5.74) is 1.26. The molecule has 0 heterocycles. The fraction of sp³-hybridized carbons (Fsp3) is 0.600. The summed E-state index contributed by atoms with van der Waals surface area (Å²) in [6, 6.07) is 0. The van der Waals surface area contributed by atoms with Crippen LogP contribution in [0.25, 0.3) is 0 Å². The summed E-state index contributed by atoms with van der Waals surface area (Å²) in [5, 5.41) is 9.30. The highest BCUT2D eigenvalue weighted by molar-refractivity contribution is 7.84. The minimum absolute atomic E-state index is 0.313. The number of hydrogen-bond acceptors (Lipinski definition) is 2. The molecule has 0 fully saturated rings. The van der Waals surface area contributed by atoms with Crippen LogP contribution in [0.1, 0.15) is 19.3 Å². The quantitative estimate of drug-likeness (QED) is 0.744. The molecule has 74 valence electrons. The van der Waals surface area contributed by atoms with Crippen molar-refractivity contribution in [2.75, 3.05) is 12.0 Å². The van der Waals surface area contributed by atoms with Crippen molar-refractivity contribution in [2.45, 2.75) is 25.4 Å². The van der Waals surface area contributed by atoms with Gasteiger partial charge in [-0.2, -0.15) is 0 Å². The molecule has 2 nitrogen and oxygen atoms in total. The summed E-state index contributed by atoms with van der Waals surface area (Å²) >= 11 is 0. The van der Waals surface area contributed by atoms with Crippen LogP contribution in [-0.2, 0) is 10.8 Å². The van der Waals surface area contributed by atoms with Crippen molar-refractivity contribution in [2.24, 2.45) is 0 Å². The molecule has 2 unspecified atom stereocenters. The average molecular weight is 200 g/mol. The SMILES string of the molecule is CS(=O)CCCC1=CC=CC(O)C1. The summed E-state index contributed by atoms with van der Waals surface area (Å²) in [7, 11) is -0.686. The fourth-order valence-corrected chi connectivity index (χ4v) is 1.96. The number of hydrogen-bond donors (Lipinski definition) is 1. The van der Waals surface area contributed by atoms with Crippen LogP contribution in [0, 0.1) is 0 Å². The zero-order valence-electron chi connectivity index (χ0n) is 7.90. The maximum atomic E-state index is 10.8. The van der Waals surface area contributed by atoms with Crippen LogP contribution in [0.3, 0.4) is 0 Å². The van der Waals surface area contributed by atoms with Gasteiger partial charge in [0.15, 0.2) is 0 Å². The molecule has 0 bridgehead atoms. The maximum absolute atomic E-state index is 10.8. The van der Waals surface area contributed by atoms with E-state index in [4.69, 9.17) is 0 Å². The Morgan fingerprint density at radius 2 is 2.46 bits per heavy atom. The zero-order valence-corrected chi connectivity index (χ0v) is 8.72. The van der Waals surface area contributed by atoms with Gasteiger partial charge in [0.25, 0.3) is 0 Å². The summed E-state index contributed by atoms with van der Waals surface area (Å²) in [4.78, 5) is 0. The lowest BCUT2D eigenvalue weighted by molar-refractivity contribution is 0.221. The molecule has 1 rings (SSSR count). The van der Waals surface area contributed by atoms with Gasteiger partial charge in [-0.05, 0) is 19.3 Å². The Morgan fingerprint density at radius 1 is 1.69 bits per heavy atom. The van der Waals surface area contributed by atoms with E-state index in [-0.39, 0.29) is 6.10 Å². The second-order valence-corrected chi connectivity index (χ2v) is 4.92. The molecule has 0 aliphatic heterocycles. The molecular formula is C10H16O2S. The van der Waals surface area contributed by atoms with Gasteiger partial charge in [-0.15, -0.1) is 0 Å². The number of allylic oxidation sites excluding steroid dienone is 2. The first-order valence-corrected chi connectivity index (χ1v) is 6.25. The van der Waals surface area contributed by atoms with Gasteiger partial charge >= 0.3 is 0 Å². The normalized spacial score (nSPS) is 24.2. The van der Waals surface area contributed by atoms with E-state index in [0.717, 1.165) is 25.0 Å². The third kappa shape index (κ3) is 4.39. The van der Waals surface area contributed by atoms with Crippen LogP contribution in [-0.4, -0.2) is 27.4 Å². The van der Waals surface area contributed by atoms with Crippen LogP contribution in [0.5, 0.6) is 0 Å². The van der Waals surface area contributed by atoms with Crippen molar-refractivity contribution in [1.29, 1.82) is 0 Å². The van der Waals surface area contributed by atoms with Gasteiger partial charge in [0, 0.05) is 22.8 Å². The number of aliphatic hydroxyl groups excluding tert-OH is 1. The molecule has 0 spiro atoms. The highest BCUT2D eigenvalue weighted by Crippen LogP contribution is 2.17. The van der Waals surface area contributed by atoms with Crippen LogP contribution in [0.4, 0.5) is 0 Å². The van der Waals surface area contributed by atoms with E-state index in [1.54, 1.807) is 12.3 Å². The minimum Gasteiger partial charge on any atom is -0.389 e. The van der Waals surface area contributed by atoms with E-state index in [1.807, 2.05) is 12.2 Å². The standard InChI is InChI=1S/C10H16O2S/c1-13(12)7-3-5-9-4-2-6-10(11)8-9/h2,4,6,10-11H,3,5,7-8H2,1H3. The van der Waals surface area contributed by atoms with Crippen molar-refractivity contribution in [3.8, 4) is 0 Å². The second kappa shape index (κ2) is 5.35. The van der Waals surface area contributed by atoms with Crippen molar-refractivity contribution >= 4 is 10.8 Å². The van der Waals surface area contributed by atoms with Crippen LogP contribution < -0.4 is 0 Å². The Bertz CT molecular complexity index is 243. The lowest BCUT2D eigenvalue weighted by Crippen LogP contribution is -2.07. The first-order valence-electron chi connectivity index (χ1n) is 4.53. The molecule has 1 aliphatic carbocycles. The lowest BCUT2D eigenvalue weighted by Gasteiger charge is -2.12. The first-order chi connectivity index (χ1) is 6.18. The van der Waals surface area contributed by atoms with Crippen LogP contribution in [0.2, 0.25) is 0 Å². The van der Waals surface area contributed by atoms with Gasteiger partial charge in [0.1, 0.15) is 0 Å². The van der Waals surface area contributed by atoms with E-state index >= 15 is 0 Å². The van der Waals surface area contributed by atoms with Crippen LogP contribution >= 0.6 is 0 Å². The largest absolute Gasteiger partial charge is 0.389 e. The Labute approximate surface area is 81.8 Å². The van der Waals surface area contributed by atoms with Crippen molar-refractivity contribution < 1.29 is 9.32 Å². The molecule has 0 aromatic heterocycles. The zero-order chi connectivity index (χ0) is 9.68. The van der Waals surface area contributed by atoms with Crippen molar-refractivity contribution in [3.63, 3.8) is 0 Å². The number of aliphatic hydroxyl groups is 1. The molecule has 2 atom stereocenters. The van der Waals surface area contributed by atoms with E-state index in [1.165, 1.54) is 5.57 Å². The minimum atomic E-state index is -0.686. The summed E-state index contributed by atoms with van der Waals surface area (Å²) in [6.07, 6.45) is 9.80. The highest BCUT2D eigenvalue weighted by Gasteiger charge is 2.07. The molecule has 1 aliphatic rings. The molecule has 0 saturated heterocycles. The predicted molar refractivity (Wildman–Crippen MR) is 56.0 cm³/mol. The van der Waals surface area contributed by atoms with Gasteiger partial charge in [-0.25, -0.2) is 0 Å². The first kappa shape index (κ1) is 10.7. The molecule has 0 aromatic carbocycles. The van der Waals surface area contributed by atoms with Crippen molar-refractivity contribution in [1.82, 2.24) is 0 Å². The maximum Gasteiger partial charge on any atom is 0.0761 e. The van der Waals surface area contributed by atoms with E-state index in [2.05, 4.69) is 0 Å².